The van der Waals surface area contributed by atoms with Crippen molar-refractivity contribution >= 4 is 29.3 Å². The van der Waals surface area contributed by atoms with E-state index in [4.69, 9.17) is 16.3 Å². The van der Waals surface area contributed by atoms with Gasteiger partial charge in [-0.15, -0.1) is 0 Å². The lowest BCUT2D eigenvalue weighted by atomic mass is 9.95. The van der Waals surface area contributed by atoms with Crippen molar-refractivity contribution in [3.8, 4) is 0 Å². The highest BCUT2D eigenvalue weighted by atomic mass is 35.5. The average molecular weight is 429 g/mol. The molecule has 2 heterocycles. The summed E-state index contributed by atoms with van der Waals surface area (Å²) < 4.78 is 30.0. The predicted molar refractivity (Wildman–Crippen MR) is 97.5 cm³/mol. The number of carbonyl (C=O) groups is 1. The lowest BCUT2D eigenvalue weighted by Crippen LogP contribution is -2.19. The standard InChI is InChI=1S/C17H19ClF2N6O3/c18-16-22-14(9-3-8(29-6-12(19)20)4-10(9)15(27)28)23-17(24-16)21-13-5-11(25-26-13)7-1-2-7/h5,7-10,12H,1-4,6H2,(H,27,28)(H2,21,22,23,24,25,26). The third-order valence-electron chi connectivity index (χ3n) is 5.11. The van der Waals surface area contributed by atoms with E-state index in [1.807, 2.05) is 6.07 Å². The molecule has 12 heteroatoms. The molecule has 2 aliphatic carbocycles. The van der Waals surface area contributed by atoms with Gasteiger partial charge in [0.05, 0.1) is 12.0 Å². The first-order valence-corrected chi connectivity index (χ1v) is 9.63. The van der Waals surface area contributed by atoms with E-state index in [1.165, 1.54) is 0 Å². The van der Waals surface area contributed by atoms with Crippen LogP contribution >= 0.6 is 11.6 Å². The molecule has 156 valence electrons. The van der Waals surface area contributed by atoms with Crippen LogP contribution in [0.1, 0.15) is 49.0 Å². The van der Waals surface area contributed by atoms with Gasteiger partial charge in [0.2, 0.25) is 11.2 Å². The third-order valence-corrected chi connectivity index (χ3v) is 5.28. The van der Waals surface area contributed by atoms with E-state index in [0.29, 0.717) is 11.7 Å². The topological polar surface area (TPSA) is 126 Å². The van der Waals surface area contributed by atoms with Gasteiger partial charge in [-0.1, -0.05) is 0 Å². The Balaban J connectivity index is 1.52. The number of carboxylic acids is 1. The van der Waals surface area contributed by atoms with Gasteiger partial charge in [-0.05, 0) is 37.3 Å². The molecule has 0 aliphatic heterocycles. The summed E-state index contributed by atoms with van der Waals surface area (Å²) in [6.45, 7) is -0.739. The molecule has 2 saturated carbocycles. The fraction of sp³-hybridized carbons (Fsp3) is 0.588. The van der Waals surface area contributed by atoms with Crippen molar-refractivity contribution in [2.45, 2.75) is 50.0 Å². The number of H-pyrrole nitrogens is 1. The minimum absolute atomic E-state index is 0.100. The van der Waals surface area contributed by atoms with Crippen LogP contribution in [0.25, 0.3) is 0 Å². The summed E-state index contributed by atoms with van der Waals surface area (Å²) in [5, 5.41) is 19.5. The molecule has 2 aliphatic rings. The maximum atomic E-state index is 12.4. The van der Waals surface area contributed by atoms with E-state index in [-0.39, 0.29) is 29.9 Å². The van der Waals surface area contributed by atoms with E-state index in [2.05, 4.69) is 30.5 Å². The molecule has 2 aromatic heterocycles. The Kier molecular flexibility index (Phi) is 5.59. The summed E-state index contributed by atoms with van der Waals surface area (Å²) >= 11 is 6.02. The number of anilines is 2. The van der Waals surface area contributed by atoms with Gasteiger partial charge in [0.25, 0.3) is 6.43 Å². The van der Waals surface area contributed by atoms with Gasteiger partial charge >= 0.3 is 5.97 Å². The molecular weight excluding hydrogens is 410 g/mol. The van der Waals surface area contributed by atoms with Crippen LogP contribution < -0.4 is 5.32 Å². The molecule has 3 N–H and O–H groups in total. The first-order chi connectivity index (χ1) is 13.9. The van der Waals surface area contributed by atoms with Crippen molar-refractivity contribution in [1.29, 1.82) is 0 Å². The second-order valence-corrected chi connectivity index (χ2v) is 7.60. The number of ether oxygens (including phenoxy) is 1. The minimum atomic E-state index is -2.62. The SMILES string of the molecule is O=C(O)C1CC(OCC(F)F)CC1c1nc(Cl)nc(Nc2cc(C3CC3)[nH]n2)n1. The van der Waals surface area contributed by atoms with Gasteiger partial charge < -0.3 is 15.2 Å². The number of nitrogens with zero attached hydrogens (tertiary/aromatic N) is 4. The normalized spacial score (nSPS) is 24.2. The molecule has 29 heavy (non-hydrogen) atoms. The Hall–Kier alpha value is -2.40. The van der Waals surface area contributed by atoms with Gasteiger partial charge in [0, 0.05) is 23.6 Å². The largest absolute Gasteiger partial charge is 0.481 e. The highest BCUT2D eigenvalue weighted by Crippen LogP contribution is 2.41. The van der Waals surface area contributed by atoms with Crippen LogP contribution in [0.5, 0.6) is 0 Å². The zero-order valence-electron chi connectivity index (χ0n) is 15.2. The number of hydrogen-bond acceptors (Lipinski definition) is 7. The lowest BCUT2D eigenvalue weighted by Gasteiger charge is -2.14. The number of rotatable bonds is 8. The number of halogens is 3. The Morgan fingerprint density at radius 1 is 1.34 bits per heavy atom. The minimum Gasteiger partial charge on any atom is -0.481 e. The van der Waals surface area contributed by atoms with Crippen molar-refractivity contribution < 1.29 is 23.4 Å². The maximum Gasteiger partial charge on any atom is 0.307 e. The molecule has 0 radical (unpaired) electrons. The van der Waals surface area contributed by atoms with Crippen LogP contribution in [0.2, 0.25) is 5.28 Å². The number of aromatic nitrogens is 5. The summed E-state index contributed by atoms with van der Waals surface area (Å²) in [5.74, 6) is -1.23. The molecule has 0 saturated heterocycles. The van der Waals surface area contributed by atoms with Gasteiger partial charge in [-0.25, -0.2) is 13.8 Å². The molecule has 0 bridgehead atoms. The van der Waals surface area contributed by atoms with Crippen molar-refractivity contribution in [2.24, 2.45) is 5.92 Å². The van der Waals surface area contributed by atoms with Crippen LogP contribution in [-0.2, 0) is 9.53 Å². The van der Waals surface area contributed by atoms with Crippen LogP contribution in [0.3, 0.4) is 0 Å². The van der Waals surface area contributed by atoms with Gasteiger partial charge in [-0.3, -0.25) is 9.89 Å². The predicted octanol–water partition coefficient (Wildman–Crippen LogP) is 3.10. The summed E-state index contributed by atoms with van der Waals surface area (Å²) in [7, 11) is 0. The molecule has 0 amide bonds. The Bertz CT molecular complexity index is 894. The van der Waals surface area contributed by atoms with Crippen molar-refractivity contribution in [1.82, 2.24) is 25.1 Å². The highest BCUT2D eigenvalue weighted by Gasteiger charge is 2.42. The first-order valence-electron chi connectivity index (χ1n) is 9.25. The highest BCUT2D eigenvalue weighted by molar-refractivity contribution is 6.28. The average Bonchev–Trinajstić information content (AvgIpc) is 3.24. The number of carboxylic acid groups (broad SMARTS) is 1. The van der Waals surface area contributed by atoms with E-state index in [1.54, 1.807) is 0 Å². The summed E-state index contributed by atoms with van der Waals surface area (Å²) in [6, 6.07) is 1.86. The smallest absolute Gasteiger partial charge is 0.307 e. The molecule has 0 aromatic carbocycles. The second kappa shape index (κ2) is 8.15. The molecular formula is C17H19ClF2N6O3. The summed E-state index contributed by atoms with van der Waals surface area (Å²) in [6.07, 6.45) is -0.684. The summed E-state index contributed by atoms with van der Waals surface area (Å²) in [5.41, 5.74) is 1.02. The molecule has 0 spiro atoms. The molecule has 2 aromatic rings. The number of nitrogens with one attached hydrogen (secondary N) is 2. The van der Waals surface area contributed by atoms with Crippen molar-refractivity contribution in [2.75, 3.05) is 11.9 Å². The number of hydrogen-bond donors (Lipinski definition) is 3. The van der Waals surface area contributed by atoms with E-state index < -0.39 is 36.9 Å². The quantitative estimate of drug-likeness (QED) is 0.585. The third kappa shape index (κ3) is 4.78. The van der Waals surface area contributed by atoms with Crippen LogP contribution in [-0.4, -0.2) is 55.4 Å². The second-order valence-electron chi connectivity index (χ2n) is 7.26. The molecule has 9 nitrogen and oxygen atoms in total. The maximum absolute atomic E-state index is 12.4. The van der Waals surface area contributed by atoms with Crippen molar-refractivity contribution in [3.63, 3.8) is 0 Å². The fourth-order valence-electron chi connectivity index (χ4n) is 3.60. The Morgan fingerprint density at radius 2 is 2.14 bits per heavy atom. The van der Waals surface area contributed by atoms with E-state index in [0.717, 1.165) is 18.5 Å². The van der Waals surface area contributed by atoms with Crippen LogP contribution in [0.4, 0.5) is 20.5 Å². The van der Waals surface area contributed by atoms with Crippen LogP contribution in [0.15, 0.2) is 6.07 Å². The zero-order valence-corrected chi connectivity index (χ0v) is 15.9. The number of aliphatic carboxylic acids is 1. The molecule has 3 unspecified atom stereocenters. The Labute approximate surface area is 169 Å². The molecule has 2 fully saturated rings. The monoisotopic (exact) mass is 428 g/mol. The van der Waals surface area contributed by atoms with Gasteiger partial charge in [-0.2, -0.15) is 15.1 Å². The molecule has 4 rings (SSSR count). The van der Waals surface area contributed by atoms with Gasteiger partial charge in [0.15, 0.2) is 5.82 Å². The van der Waals surface area contributed by atoms with Gasteiger partial charge in [0.1, 0.15) is 12.4 Å². The van der Waals surface area contributed by atoms with Crippen molar-refractivity contribution in [3.05, 3.63) is 22.9 Å². The molecule has 3 atom stereocenters. The van der Waals surface area contributed by atoms with E-state index in [9.17, 15) is 18.7 Å². The van der Waals surface area contributed by atoms with E-state index >= 15 is 0 Å². The first kappa shape index (κ1) is 19.9. The van der Waals surface area contributed by atoms with Crippen LogP contribution in [0, 0.1) is 5.92 Å². The lowest BCUT2D eigenvalue weighted by molar-refractivity contribution is -0.142. The fourth-order valence-corrected chi connectivity index (χ4v) is 3.77. The Morgan fingerprint density at radius 3 is 2.83 bits per heavy atom. The number of aromatic amines is 1. The summed E-state index contributed by atoms with van der Waals surface area (Å²) in [4.78, 5) is 24.1. The number of alkyl halides is 2. The zero-order chi connectivity index (χ0) is 20.5.